The van der Waals surface area contributed by atoms with E-state index in [0.29, 0.717) is 23.1 Å². The van der Waals surface area contributed by atoms with Gasteiger partial charge in [-0.25, -0.2) is 4.98 Å². The summed E-state index contributed by atoms with van der Waals surface area (Å²) >= 11 is 0. The second-order valence-electron chi connectivity index (χ2n) is 3.78. The molecule has 1 N–H and O–H groups in total. The summed E-state index contributed by atoms with van der Waals surface area (Å²) in [5.74, 6) is 1.30. The molecule has 7 heteroatoms. The van der Waals surface area contributed by atoms with Gasteiger partial charge in [-0.15, -0.1) is 0 Å². The Labute approximate surface area is 109 Å². The van der Waals surface area contributed by atoms with Gasteiger partial charge in [0.15, 0.2) is 0 Å². The van der Waals surface area contributed by atoms with Crippen molar-refractivity contribution in [2.45, 2.75) is 6.92 Å². The van der Waals surface area contributed by atoms with Crippen molar-refractivity contribution in [3.63, 3.8) is 0 Å². The molecule has 0 unspecified atom stereocenters. The fourth-order valence-corrected chi connectivity index (χ4v) is 1.54. The van der Waals surface area contributed by atoms with Crippen molar-refractivity contribution >= 4 is 11.6 Å². The van der Waals surface area contributed by atoms with Crippen LogP contribution in [0.4, 0.5) is 11.6 Å². The second-order valence-corrected chi connectivity index (χ2v) is 3.78. The van der Waals surface area contributed by atoms with Crippen LogP contribution in [0.25, 0.3) is 0 Å². The summed E-state index contributed by atoms with van der Waals surface area (Å²) in [7, 11) is 1.70. The number of benzene rings is 1. The average molecular weight is 260 g/mol. The molecule has 0 saturated carbocycles. The summed E-state index contributed by atoms with van der Waals surface area (Å²) in [6, 6.07) is 6.15. The highest BCUT2D eigenvalue weighted by molar-refractivity contribution is 5.45. The molecule has 1 aromatic heterocycles. The predicted octanol–water partition coefficient (Wildman–Crippen LogP) is 2.53. The molecule has 0 aliphatic carbocycles. The summed E-state index contributed by atoms with van der Waals surface area (Å²) in [4.78, 5) is 18.3. The summed E-state index contributed by atoms with van der Waals surface area (Å²) in [5.41, 5.74) is 0.594. The Morgan fingerprint density at radius 3 is 2.79 bits per heavy atom. The highest BCUT2D eigenvalue weighted by atomic mass is 16.6. The van der Waals surface area contributed by atoms with Gasteiger partial charge in [0, 0.05) is 30.9 Å². The summed E-state index contributed by atoms with van der Waals surface area (Å²) in [5, 5.41) is 13.5. The molecule has 0 spiro atoms. The molecular weight excluding hydrogens is 248 g/mol. The first-order valence-corrected chi connectivity index (χ1v) is 5.54. The van der Waals surface area contributed by atoms with Crippen LogP contribution in [0.15, 0.2) is 30.5 Å². The van der Waals surface area contributed by atoms with Gasteiger partial charge in [0.1, 0.15) is 5.75 Å². The topological polar surface area (TPSA) is 90.2 Å². The molecular formula is C12H12N4O3. The Bertz CT molecular complexity index is 616. The summed E-state index contributed by atoms with van der Waals surface area (Å²) < 4.78 is 5.52. The van der Waals surface area contributed by atoms with E-state index in [1.807, 2.05) is 0 Å². The minimum Gasteiger partial charge on any atom is -0.439 e. The average Bonchev–Trinajstić information content (AvgIpc) is 2.38. The lowest BCUT2D eigenvalue weighted by molar-refractivity contribution is -0.385. The number of rotatable bonds is 4. The molecule has 7 nitrogen and oxygen atoms in total. The number of hydrogen-bond donors (Lipinski definition) is 1. The van der Waals surface area contributed by atoms with Crippen molar-refractivity contribution in [2.75, 3.05) is 12.4 Å². The first-order chi connectivity index (χ1) is 9.10. The standard InChI is InChI=1S/C12H12N4O3/c1-8-7-9(3-4-10(8)16(17)18)19-11-5-6-14-12(13-2)15-11/h3-7H,1-2H3,(H,13,14,15). The van der Waals surface area contributed by atoms with Gasteiger partial charge in [-0.3, -0.25) is 10.1 Å². The maximum atomic E-state index is 10.7. The lowest BCUT2D eigenvalue weighted by atomic mass is 10.2. The highest BCUT2D eigenvalue weighted by Crippen LogP contribution is 2.26. The van der Waals surface area contributed by atoms with Crippen LogP contribution in [0.2, 0.25) is 0 Å². The molecule has 98 valence electrons. The number of nitrogens with zero attached hydrogens (tertiary/aromatic N) is 3. The molecule has 1 heterocycles. The number of aromatic nitrogens is 2. The van der Waals surface area contributed by atoms with E-state index in [-0.39, 0.29) is 5.69 Å². The van der Waals surface area contributed by atoms with Gasteiger partial charge >= 0.3 is 0 Å². The van der Waals surface area contributed by atoms with E-state index in [9.17, 15) is 10.1 Å². The van der Waals surface area contributed by atoms with Crippen molar-refractivity contribution in [3.05, 3.63) is 46.1 Å². The lowest BCUT2D eigenvalue weighted by Crippen LogP contribution is -1.97. The normalized spacial score (nSPS) is 10.0. The van der Waals surface area contributed by atoms with Crippen LogP contribution >= 0.6 is 0 Å². The van der Waals surface area contributed by atoms with Crippen molar-refractivity contribution in [2.24, 2.45) is 0 Å². The maximum Gasteiger partial charge on any atom is 0.272 e. The fraction of sp³-hybridized carbons (Fsp3) is 0.167. The quantitative estimate of drug-likeness (QED) is 0.671. The summed E-state index contributed by atoms with van der Waals surface area (Å²) in [6.45, 7) is 1.66. The molecule has 2 aromatic rings. The minimum atomic E-state index is -0.428. The van der Waals surface area contributed by atoms with Crippen molar-refractivity contribution in [1.29, 1.82) is 0 Å². The third kappa shape index (κ3) is 2.95. The van der Waals surface area contributed by atoms with Gasteiger partial charge in [0.25, 0.3) is 5.69 Å². The Morgan fingerprint density at radius 1 is 1.37 bits per heavy atom. The smallest absolute Gasteiger partial charge is 0.272 e. The lowest BCUT2D eigenvalue weighted by Gasteiger charge is -2.06. The first-order valence-electron chi connectivity index (χ1n) is 5.54. The Kier molecular flexibility index (Phi) is 3.56. The largest absolute Gasteiger partial charge is 0.439 e. The van der Waals surface area contributed by atoms with Gasteiger partial charge in [0.05, 0.1) is 4.92 Å². The number of ether oxygens (including phenoxy) is 1. The monoisotopic (exact) mass is 260 g/mol. The van der Waals surface area contributed by atoms with Crippen molar-refractivity contribution < 1.29 is 9.66 Å². The molecule has 0 aliphatic heterocycles. The SMILES string of the molecule is CNc1nccc(Oc2ccc([N+](=O)[O-])c(C)c2)n1. The molecule has 0 amide bonds. The first kappa shape index (κ1) is 12.7. The molecule has 1 aromatic carbocycles. The Morgan fingerprint density at radius 2 is 2.16 bits per heavy atom. The Balaban J connectivity index is 2.23. The Hall–Kier alpha value is -2.70. The molecule has 0 aliphatic rings. The molecule has 0 fully saturated rings. The van der Waals surface area contributed by atoms with E-state index in [1.54, 1.807) is 32.3 Å². The van der Waals surface area contributed by atoms with Crippen LogP contribution in [0.5, 0.6) is 11.6 Å². The zero-order valence-corrected chi connectivity index (χ0v) is 10.5. The molecule has 2 rings (SSSR count). The van der Waals surface area contributed by atoms with E-state index >= 15 is 0 Å². The third-order valence-corrected chi connectivity index (χ3v) is 2.44. The van der Waals surface area contributed by atoms with E-state index in [2.05, 4.69) is 15.3 Å². The minimum absolute atomic E-state index is 0.0611. The number of hydrogen-bond acceptors (Lipinski definition) is 6. The summed E-state index contributed by atoms with van der Waals surface area (Å²) in [6.07, 6.45) is 1.56. The van der Waals surface area contributed by atoms with Gasteiger partial charge in [0.2, 0.25) is 11.8 Å². The van der Waals surface area contributed by atoms with Crippen molar-refractivity contribution in [3.8, 4) is 11.6 Å². The number of aryl methyl sites for hydroxylation is 1. The fourth-order valence-electron chi connectivity index (χ4n) is 1.54. The van der Waals surface area contributed by atoms with Gasteiger partial charge in [-0.1, -0.05) is 0 Å². The number of nitro benzene ring substituents is 1. The molecule has 19 heavy (non-hydrogen) atoms. The van der Waals surface area contributed by atoms with Crippen LogP contribution in [-0.2, 0) is 0 Å². The number of nitrogens with one attached hydrogen (secondary N) is 1. The predicted molar refractivity (Wildman–Crippen MR) is 69.5 cm³/mol. The zero-order chi connectivity index (χ0) is 13.8. The van der Waals surface area contributed by atoms with Gasteiger partial charge in [-0.05, 0) is 19.1 Å². The second kappa shape index (κ2) is 5.30. The molecule has 0 radical (unpaired) electrons. The van der Waals surface area contributed by atoms with Crippen LogP contribution in [0.3, 0.4) is 0 Å². The maximum absolute atomic E-state index is 10.7. The van der Waals surface area contributed by atoms with E-state index < -0.39 is 4.92 Å². The van der Waals surface area contributed by atoms with Crippen LogP contribution in [-0.4, -0.2) is 21.9 Å². The van der Waals surface area contributed by atoms with Crippen LogP contribution in [0.1, 0.15) is 5.56 Å². The number of anilines is 1. The molecule has 0 saturated heterocycles. The van der Waals surface area contributed by atoms with Gasteiger partial charge in [-0.2, -0.15) is 4.98 Å². The van der Waals surface area contributed by atoms with Crippen LogP contribution in [0, 0.1) is 17.0 Å². The molecule has 0 bridgehead atoms. The van der Waals surface area contributed by atoms with Crippen molar-refractivity contribution in [1.82, 2.24) is 9.97 Å². The molecule has 0 atom stereocenters. The van der Waals surface area contributed by atoms with Gasteiger partial charge < -0.3 is 10.1 Å². The third-order valence-electron chi connectivity index (χ3n) is 2.44. The van der Waals surface area contributed by atoms with E-state index in [1.165, 1.54) is 12.1 Å². The highest BCUT2D eigenvalue weighted by Gasteiger charge is 2.11. The van der Waals surface area contributed by atoms with E-state index in [0.717, 1.165) is 0 Å². The number of nitro groups is 1. The van der Waals surface area contributed by atoms with Crippen LogP contribution < -0.4 is 10.1 Å². The van der Waals surface area contributed by atoms with E-state index in [4.69, 9.17) is 4.74 Å². The zero-order valence-electron chi connectivity index (χ0n) is 10.5.